The third-order valence-corrected chi connectivity index (χ3v) is 2.86. The molecule has 0 spiro atoms. The highest BCUT2D eigenvalue weighted by Crippen LogP contribution is 2.21. The molecule has 0 saturated heterocycles. The summed E-state index contributed by atoms with van der Waals surface area (Å²) in [6.45, 7) is 5.32. The molecule has 0 N–H and O–H groups in total. The molecular formula is C16H19N3O4. The third kappa shape index (κ3) is 4.15. The van der Waals surface area contributed by atoms with Crippen molar-refractivity contribution in [2.45, 2.75) is 26.4 Å². The first-order valence-corrected chi connectivity index (χ1v) is 7.02. The van der Waals surface area contributed by atoms with Crippen LogP contribution in [-0.4, -0.2) is 39.4 Å². The van der Waals surface area contributed by atoms with Gasteiger partial charge in [0.15, 0.2) is 0 Å². The molecule has 2 rings (SSSR count). The molecule has 0 aromatic carbocycles. The number of nitrogens with zero attached hydrogens (tertiary/aromatic N) is 3. The van der Waals surface area contributed by atoms with Crippen molar-refractivity contribution in [1.82, 2.24) is 14.8 Å². The van der Waals surface area contributed by atoms with E-state index >= 15 is 0 Å². The number of esters is 2. The molecular weight excluding hydrogens is 298 g/mol. The minimum absolute atomic E-state index is 0.0368. The van der Waals surface area contributed by atoms with Crippen LogP contribution in [-0.2, 0) is 16.5 Å². The Morgan fingerprint density at radius 3 is 2.39 bits per heavy atom. The number of carbonyl (C=O) groups excluding carboxylic acids is 2. The molecule has 0 fully saturated rings. The molecule has 0 amide bonds. The molecule has 2 aromatic heterocycles. The molecule has 0 saturated carbocycles. The Kier molecular flexibility index (Phi) is 4.49. The van der Waals surface area contributed by atoms with Gasteiger partial charge >= 0.3 is 11.9 Å². The van der Waals surface area contributed by atoms with Crippen molar-refractivity contribution in [2.75, 3.05) is 7.11 Å². The first-order chi connectivity index (χ1) is 10.7. The van der Waals surface area contributed by atoms with Crippen LogP contribution in [0.5, 0.6) is 0 Å². The van der Waals surface area contributed by atoms with Crippen molar-refractivity contribution >= 4 is 11.9 Å². The molecule has 7 heteroatoms. The van der Waals surface area contributed by atoms with E-state index in [4.69, 9.17) is 9.47 Å². The second kappa shape index (κ2) is 6.20. The lowest BCUT2D eigenvalue weighted by atomic mass is 10.1. The van der Waals surface area contributed by atoms with Crippen molar-refractivity contribution < 1.29 is 19.1 Å². The van der Waals surface area contributed by atoms with Crippen LogP contribution >= 0.6 is 0 Å². The van der Waals surface area contributed by atoms with Gasteiger partial charge in [-0.15, -0.1) is 0 Å². The van der Waals surface area contributed by atoms with Crippen LogP contribution in [0.25, 0.3) is 11.3 Å². The van der Waals surface area contributed by atoms with E-state index in [0.717, 1.165) is 0 Å². The summed E-state index contributed by atoms with van der Waals surface area (Å²) in [7, 11) is 3.02. The van der Waals surface area contributed by atoms with Gasteiger partial charge in [0.05, 0.1) is 24.6 Å². The summed E-state index contributed by atoms with van der Waals surface area (Å²) in [5, 5.41) is 4.07. The maximum atomic E-state index is 12.3. The van der Waals surface area contributed by atoms with Gasteiger partial charge in [-0.05, 0) is 32.9 Å². The number of aromatic nitrogens is 3. The summed E-state index contributed by atoms with van der Waals surface area (Å²) >= 11 is 0. The number of ether oxygens (including phenoxy) is 2. The Morgan fingerprint density at radius 2 is 1.87 bits per heavy atom. The number of carbonyl (C=O) groups is 2. The Bertz CT molecular complexity index is 744. The lowest BCUT2D eigenvalue weighted by Crippen LogP contribution is -2.24. The number of hydrogen-bond acceptors (Lipinski definition) is 6. The fraction of sp³-hybridized carbons (Fsp3) is 0.375. The topological polar surface area (TPSA) is 83.3 Å². The standard InChI is InChI=1S/C16H19N3O4/c1-16(2,3)23-14(20)10-6-12(11-8-17-19(4)9-11)18-13(7-10)15(21)22-5/h6-9H,1-5H3. The van der Waals surface area contributed by atoms with Gasteiger partial charge in [-0.1, -0.05) is 0 Å². The average Bonchev–Trinajstić information content (AvgIpc) is 2.90. The van der Waals surface area contributed by atoms with Crippen LogP contribution < -0.4 is 0 Å². The normalized spacial score (nSPS) is 11.2. The van der Waals surface area contributed by atoms with E-state index in [9.17, 15) is 9.59 Å². The van der Waals surface area contributed by atoms with Crippen LogP contribution in [0, 0.1) is 0 Å². The molecule has 0 aliphatic carbocycles. The molecule has 0 radical (unpaired) electrons. The van der Waals surface area contributed by atoms with E-state index in [2.05, 4.69) is 10.1 Å². The van der Waals surface area contributed by atoms with Crippen molar-refractivity contribution in [1.29, 1.82) is 0 Å². The van der Waals surface area contributed by atoms with Gasteiger partial charge in [0.2, 0.25) is 0 Å². The van der Waals surface area contributed by atoms with Crippen LogP contribution in [0.15, 0.2) is 24.5 Å². The Morgan fingerprint density at radius 1 is 1.17 bits per heavy atom. The highest BCUT2D eigenvalue weighted by Gasteiger charge is 2.21. The summed E-state index contributed by atoms with van der Waals surface area (Å²) in [5.74, 6) is -1.16. The predicted molar refractivity (Wildman–Crippen MR) is 82.9 cm³/mol. The number of hydrogen-bond donors (Lipinski definition) is 0. The lowest BCUT2D eigenvalue weighted by Gasteiger charge is -2.19. The van der Waals surface area contributed by atoms with E-state index in [0.29, 0.717) is 11.3 Å². The summed E-state index contributed by atoms with van der Waals surface area (Å²) in [4.78, 5) is 28.3. The summed E-state index contributed by atoms with van der Waals surface area (Å²) in [5.41, 5.74) is 0.758. The minimum Gasteiger partial charge on any atom is -0.464 e. The Balaban J connectivity index is 2.49. The summed E-state index contributed by atoms with van der Waals surface area (Å²) in [6, 6.07) is 2.93. The Labute approximate surface area is 134 Å². The number of pyridine rings is 1. The highest BCUT2D eigenvalue weighted by atomic mass is 16.6. The molecule has 0 aliphatic rings. The predicted octanol–water partition coefficient (Wildman–Crippen LogP) is 2.22. The number of aryl methyl sites for hydroxylation is 1. The largest absolute Gasteiger partial charge is 0.464 e. The molecule has 0 bridgehead atoms. The molecule has 0 unspecified atom stereocenters. The second-order valence-corrected chi connectivity index (χ2v) is 6.02. The van der Waals surface area contributed by atoms with Gasteiger partial charge in [0.1, 0.15) is 11.3 Å². The lowest BCUT2D eigenvalue weighted by molar-refractivity contribution is 0.00694. The molecule has 2 heterocycles. The van der Waals surface area contributed by atoms with Crippen molar-refractivity contribution in [3.05, 3.63) is 35.8 Å². The van der Waals surface area contributed by atoms with Crippen LogP contribution in [0.4, 0.5) is 0 Å². The minimum atomic E-state index is -0.639. The van der Waals surface area contributed by atoms with Crippen molar-refractivity contribution in [2.24, 2.45) is 7.05 Å². The SMILES string of the molecule is COC(=O)c1cc(C(=O)OC(C)(C)C)cc(-c2cnn(C)c2)n1. The molecule has 0 atom stereocenters. The molecule has 23 heavy (non-hydrogen) atoms. The maximum Gasteiger partial charge on any atom is 0.356 e. The maximum absolute atomic E-state index is 12.3. The van der Waals surface area contributed by atoms with Gasteiger partial charge in [-0.3, -0.25) is 4.68 Å². The summed E-state index contributed by atoms with van der Waals surface area (Å²) in [6.07, 6.45) is 3.34. The first kappa shape index (κ1) is 16.7. The second-order valence-electron chi connectivity index (χ2n) is 6.02. The van der Waals surface area contributed by atoms with Gasteiger partial charge in [0, 0.05) is 18.8 Å². The van der Waals surface area contributed by atoms with Crippen LogP contribution in [0.3, 0.4) is 0 Å². The fourth-order valence-electron chi connectivity index (χ4n) is 1.90. The summed E-state index contributed by atoms with van der Waals surface area (Å²) < 4.78 is 11.6. The smallest absolute Gasteiger partial charge is 0.356 e. The monoisotopic (exact) mass is 317 g/mol. The van der Waals surface area contributed by atoms with Gasteiger partial charge in [-0.2, -0.15) is 5.10 Å². The number of rotatable bonds is 3. The van der Waals surface area contributed by atoms with E-state index in [1.807, 2.05) is 0 Å². The van der Waals surface area contributed by atoms with E-state index in [1.54, 1.807) is 51.0 Å². The van der Waals surface area contributed by atoms with Crippen molar-refractivity contribution in [3.8, 4) is 11.3 Å². The first-order valence-electron chi connectivity index (χ1n) is 7.02. The van der Waals surface area contributed by atoms with E-state index in [1.165, 1.54) is 13.2 Å². The van der Waals surface area contributed by atoms with E-state index in [-0.39, 0.29) is 11.3 Å². The van der Waals surface area contributed by atoms with E-state index < -0.39 is 17.5 Å². The zero-order chi connectivity index (χ0) is 17.2. The van der Waals surface area contributed by atoms with Gasteiger partial charge in [0.25, 0.3) is 0 Å². The molecule has 7 nitrogen and oxygen atoms in total. The third-order valence-electron chi connectivity index (χ3n) is 2.86. The van der Waals surface area contributed by atoms with Crippen molar-refractivity contribution in [3.63, 3.8) is 0 Å². The zero-order valence-corrected chi connectivity index (χ0v) is 13.8. The quantitative estimate of drug-likeness (QED) is 0.807. The fourth-order valence-corrected chi connectivity index (χ4v) is 1.90. The van der Waals surface area contributed by atoms with Crippen LogP contribution in [0.1, 0.15) is 41.6 Å². The van der Waals surface area contributed by atoms with Gasteiger partial charge in [-0.25, -0.2) is 14.6 Å². The molecule has 2 aromatic rings. The molecule has 0 aliphatic heterocycles. The highest BCUT2D eigenvalue weighted by molar-refractivity contribution is 5.95. The number of methoxy groups -OCH3 is 1. The van der Waals surface area contributed by atoms with Gasteiger partial charge < -0.3 is 9.47 Å². The zero-order valence-electron chi connectivity index (χ0n) is 13.8. The van der Waals surface area contributed by atoms with Crippen LogP contribution in [0.2, 0.25) is 0 Å². The Hall–Kier alpha value is -2.70. The average molecular weight is 317 g/mol. The molecule has 122 valence electrons.